The second-order valence-electron chi connectivity index (χ2n) is 9.50. The van der Waals surface area contributed by atoms with Crippen LogP contribution in [0, 0.1) is 0 Å². The maximum Gasteiger partial charge on any atom is 0.416 e. The van der Waals surface area contributed by atoms with E-state index in [2.05, 4.69) is 16.9 Å². The molecule has 206 valence electrons. The number of hydrogen-bond acceptors (Lipinski definition) is 7. The van der Waals surface area contributed by atoms with Crippen LogP contribution in [0.25, 0.3) is 16.0 Å². The molecule has 0 saturated carbocycles. The first-order valence-electron chi connectivity index (χ1n) is 12.5. The highest BCUT2D eigenvalue weighted by Crippen LogP contribution is 2.40. The van der Waals surface area contributed by atoms with E-state index in [9.17, 15) is 18.0 Å². The molecule has 5 rings (SSSR count). The highest BCUT2D eigenvalue weighted by Gasteiger charge is 2.35. The molecule has 39 heavy (non-hydrogen) atoms. The summed E-state index contributed by atoms with van der Waals surface area (Å²) in [5, 5.41) is 0.598. The minimum atomic E-state index is -4.54. The number of piperidine rings is 1. The van der Waals surface area contributed by atoms with E-state index >= 15 is 0 Å². The van der Waals surface area contributed by atoms with Crippen LogP contribution in [0.4, 0.5) is 13.2 Å². The van der Waals surface area contributed by atoms with Crippen molar-refractivity contribution in [2.24, 2.45) is 0 Å². The van der Waals surface area contributed by atoms with Crippen molar-refractivity contribution in [3.63, 3.8) is 0 Å². The van der Waals surface area contributed by atoms with E-state index in [0.717, 1.165) is 60.1 Å². The standard InChI is InChI=1S/C28H28F3N3O4S/c1-17(20-6-4-5-7-21(20)28(29,30)31)37-24-15-25(39-26(24)27(35)36-3)34-16-32-22-9-8-19(14-23(22)34)38-18-10-12-33(2)13-11-18/h4-9,14-18H,10-13H2,1-3H3. The maximum absolute atomic E-state index is 13.6. The molecule has 1 fully saturated rings. The normalized spacial score (nSPS) is 15.8. The number of rotatable bonds is 7. The number of esters is 1. The highest BCUT2D eigenvalue weighted by molar-refractivity contribution is 7.16. The van der Waals surface area contributed by atoms with Gasteiger partial charge in [-0.1, -0.05) is 18.2 Å². The van der Waals surface area contributed by atoms with Crippen LogP contribution in [0.5, 0.6) is 11.5 Å². The van der Waals surface area contributed by atoms with Gasteiger partial charge in [-0.25, -0.2) is 9.78 Å². The molecule has 4 aromatic rings. The summed E-state index contributed by atoms with van der Waals surface area (Å²) < 4.78 is 59.7. The predicted octanol–water partition coefficient (Wildman–Crippen LogP) is 6.51. The fourth-order valence-electron chi connectivity index (χ4n) is 4.70. The third-order valence-electron chi connectivity index (χ3n) is 6.79. The molecule has 1 saturated heterocycles. The summed E-state index contributed by atoms with van der Waals surface area (Å²) in [6.45, 7) is 3.47. The van der Waals surface area contributed by atoms with Crippen molar-refractivity contribution in [3.05, 3.63) is 70.9 Å². The molecule has 1 aliphatic heterocycles. The van der Waals surface area contributed by atoms with Gasteiger partial charge in [0.05, 0.1) is 23.7 Å². The molecule has 0 amide bonds. The quantitative estimate of drug-likeness (QED) is 0.241. The number of aromatic nitrogens is 2. The van der Waals surface area contributed by atoms with Crippen molar-refractivity contribution in [2.75, 3.05) is 27.2 Å². The number of alkyl halides is 3. The third kappa shape index (κ3) is 5.74. The Labute approximate surface area is 227 Å². The van der Waals surface area contributed by atoms with Gasteiger partial charge in [0.1, 0.15) is 35.0 Å². The van der Waals surface area contributed by atoms with Crippen molar-refractivity contribution in [2.45, 2.75) is 38.1 Å². The summed E-state index contributed by atoms with van der Waals surface area (Å²) in [5.41, 5.74) is 0.677. The minimum Gasteiger partial charge on any atom is -0.490 e. The molecule has 0 aliphatic carbocycles. The number of thiophene rings is 1. The van der Waals surface area contributed by atoms with Gasteiger partial charge in [-0.05, 0) is 45.0 Å². The van der Waals surface area contributed by atoms with E-state index in [1.165, 1.54) is 32.2 Å². The summed E-state index contributed by atoms with van der Waals surface area (Å²) in [4.78, 5) is 19.5. The highest BCUT2D eigenvalue weighted by atomic mass is 32.1. The van der Waals surface area contributed by atoms with E-state index in [-0.39, 0.29) is 22.3 Å². The number of halogens is 3. The fourth-order valence-corrected chi connectivity index (χ4v) is 5.69. The van der Waals surface area contributed by atoms with Crippen LogP contribution in [0.15, 0.2) is 54.9 Å². The Kier molecular flexibility index (Phi) is 7.55. The largest absolute Gasteiger partial charge is 0.490 e. The number of carbonyl (C=O) groups is 1. The van der Waals surface area contributed by atoms with Gasteiger partial charge in [0.2, 0.25) is 0 Å². The molecular formula is C28H28F3N3O4S. The zero-order valence-corrected chi connectivity index (χ0v) is 22.5. The number of carbonyl (C=O) groups excluding carboxylic acids is 1. The summed E-state index contributed by atoms with van der Waals surface area (Å²) in [7, 11) is 3.34. The monoisotopic (exact) mass is 559 g/mol. The van der Waals surface area contributed by atoms with Crippen LogP contribution in [0.1, 0.15) is 46.7 Å². The van der Waals surface area contributed by atoms with Crippen molar-refractivity contribution in [1.29, 1.82) is 0 Å². The average Bonchev–Trinajstić information content (AvgIpc) is 3.53. The molecule has 1 unspecified atom stereocenters. The number of methoxy groups -OCH3 is 1. The summed E-state index contributed by atoms with van der Waals surface area (Å²) in [5.74, 6) is 0.206. The van der Waals surface area contributed by atoms with E-state index in [4.69, 9.17) is 14.2 Å². The van der Waals surface area contributed by atoms with E-state index < -0.39 is 23.8 Å². The van der Waals surface area contributed by atoms with Gasteiger partial charge >= 0.3 is 12.1 Å². The van der Waals surface area contributed by atoms with Gasteiger partial charge < -0.3 is 19.1 Å². The van der Waals surface area contributed by atoms with Gasteiger partial charge in [-0.15, -0.1) is 11.3 Å². The van der Waals surface area contributed by atoms with Crippen molar-refractivity contribution >= 4 is 28.3 Å². The number of nitrogens with zero attached hydrogens (tertiary/aromatic N) is 3. The zero-order chi connectivity index (χ0) is 27.7. The number of hydrogen-bond donors (Lipinski definition) is 0. The van der Waals surface area contributed by atoms with Crippen molar-refractivity contribution in [3.8, 4) is 16.5 Å². The van der Waals surface area contributed by atoms with E-state index in [1.54, 1.807) is 17.0 Å². The van der Waals surface area contributed by atoms with Crippen LogP contribution < -0.4 is 9.47 Å². The van der Waals surface area contributed by atoms with Crippen molar-refractivity contribution < 1.29 is 32.2 Å². The molecule has 1 atom stereocenters. The lowest BCUT2D eigenvalue weighted by Crippen LogP contribution is -2.35. The van der Waals surface area contributed by atoms with Crippen LogP contribution >= 0.6 is 11.3 Å². The lowest BCUT2D eigenvalue weighted by molar-refractivity contribution is -0.139. The third-order valence-corrected chi connectivity index (χ3v) is 7.88. The Morgan fingerprint density at radius 2 is 1.87 bits per heavy atom. The molecular weight excluding hydrogens is 531 g/mol. The molecule has 0 N–H and O–H groups in total. The average molecular weight is 560 g/mol. The molecule has 1 aliphatic rings. The molecule has 3 heterocycles. The molecule has 11 heteroatoms. The van der Waals surface area contributed by atoms with Gasteiger partial charge in [-0.3, -0.25) is 4.57 Å². The first kappa shape index (κ1) is 27.0. The second kappa shape index (κ2) is 10.9. The van der Waals surface area contributed by atoms with Gasteiger partial charge in [-0.2, -0.15) is 13.2 Å². The number of likely N-dealkylation sites (tertiary alicyclic amines) is 1. The zero-order valence-electron chi connectivity index (χ0n) is 21.7. The lowest BCUT2D eigenvalue weighted by atomic mass is 10.0. The SMILES string of the molecule is COC(=O)c1sc(-n2cnc3ccc(OC4CCN(C)CC4)cc32)cc1OC(C)c1ccccc1C(F)(F)F. The van der Waals surface area contributed by atoms with Gasteiger partial charge in [0.25, 0.3) is 0 Å². The Morgan fingerprint density at radius 1 is 1.13 bits per heavy atom. The predicted molar refractivity (Wildman–Crippen MR) is 142 cm³/mol. The van der Waals surface area contributed by atoms with Crippen LogP contribution in [0.3, 0.4) is 0 Å². The van der Waals surface area contributed by atoms with E-state index in [0.29, 0.717) is 5.00 Å². The number of benzene rings is 2. The summed E-state index contributed by atoms with van der Waals surface area (Å²) in [6, 6.07) is 12.5. The first-order valence-corrected chi connectivity index (χ1v) is 13.3. The number of imidazole rings is 1. The Balaban J connectivity index is 1.46. The Bertz CT molecular complexity index is 1470. The molecule has 0 radical (unpaired) electrons. The summed E-state index contributed by atoms with van der Waals surface area (Å²) in [6.07, 6.45) is -1.88. The second-order valence-corrected chi connectivity index (χ2v) is 10.5. The molecule has 0 bridgehead atoms. The minimum absolute atomic E-state index is 0.0302. The van der Waals surface area contributed by atoms with Crippen LogP contribution in [0.2, 0.25) is 0 Å². The van der Waals surface area contributed by atoms with E-state index in [1.807, 2.05) is 18.2 Å². The maximum atomic E-state index is 13.6. The Morgan fingerprint density at radius 3 is 2.59 bits per heavy atom. The topological polar surface area (TPSA) is 65.8 Å². The molecule has 2 aromatic heterocycles. The first-order chi connectivity index (χ1) is 18.6. The molecule has 0 spiro atoms. The van der Waals surface area contributed by atoms with Crippen molar-refractivity contribution in [1.82, 2.24) is 14.5 Å². The number of fused-ring (bicyclic) bond motifs is 1. The lowest BCUT2D eigenvalue weighted by Gasteiger charge is -2.29. The number of ether oxygens (including phenoxy) is 3. The van der Waals surface area contributed by atoms with Gasteiger partial charge in [0, 0.05) is 30.8 Å². The molecule has 2 aromatic carbocycles. The smallest absolute Gasteiger partial charge is 0.416 e. The fraction of sp³-hybridized carbons (Fsp3) is 0.357. The van der Waals surface area contributed by atoms with Gasteiger partial charge in [0.15, 0.2) is 4.88 Å². The Hall–Kier alpha value is -3.57. The summed E-state index contributed by atoms with van der Waals surface area (Å²) >= 11 is 1.11. The van der Waals surface area contributed by atoms with Crippen LogP contribution in [-0.4, -0.2) is 53.8 Å². The van der Waals surface area contributed by atoms with Crippen LogP contribution in [-0.2, 0) is 10.9 Å². The molecule has 7 nitrogen and oxygen atoms in total.